The van der Waals surface area contributed by atoms with E-state index in [0.29, 0.717) is 5.56 Å². The topological polar surface area (TPSA) is 95.1 Å². The van der Waals surface area contributed by atoms with Crippen molar-refractivity contribution in [2.45, 2.75) is 0 Å². The number of nitrogens with one attached hydrogen (secondary N) is 2. The maximum atomic E-state index is 11.7. The molecule has 1 aromatic heterocycles. The molecule has 2 aromatic carbocycles. The molecule has 120 valence electrons. The van der Waals surface area contributed by atoms with Crippen molar-refractivity contribution in [1.29, 1.82) is 0 Å². The van der Waals surface area contributed by atoms with E-state index >= 15 is 0 Å². The number of aromatic amines is 1. The Bertz CT molecular complexity index is 911. The van der Waals surface area contributed by atoms with Gasteiger partial charge in [-0.1, -0.05) is 36.4 Å². The van der Waals surface area contributed by atoms with E-state index in [4.69, 9.17) is 5.11 Å². The third-order valence-corrected chi connectivity index (χ3v) is 3.51. The lowest BCUT2D eigenvalue weighted by molar-refractivity contribution is -0.135. The number of hydrogen-bond acceptors (Lipinski definition) is 3. The number of benzene rings is 2. The Kier molecular flexibility index (Phi) is 4.38. The van der Waals surface area contributed by atoms with Crippen molar-refractivity contribution in [3.63, 3.8) is 0 Å². The number of H-pyrrole nitrogens is 1. The smallest absolute Gasteiger partial charge is 0.322 e. The van der Waals surface area contributed by atoms with Crippen LogP contribution in [0.5, 0.6) is 0 Å². The zero-order valence-corrected chi connectivity index (χ0v) is 12.7. The lowest BCUT2D eigenvalue weighted by Gasteiger charge is -2.02. The van der Waals surface area contributed by atoms with Crippen LogP contribution in [0.25, 0.3) is 23.1 Å². The fourth-order valence-corrected chi connectivity index (χ4v) is 2.29. The van der Waals surface area contributed by atoms with Crippen LogP contribution in [0, 0.1) is 0 Å². The lowest BCUT2D eigenvalue weighted by atomic mass is 10.1. The van der Waals surface area contributed by atoms with Gasteiger partial charge < -0.3 is 10.4 Å². The summed E-state index contributed by atoms with van der Waals surface area (Å²) in [7, 11) is 0. The number of nitrogens with zero attached hydrogens (tertiary/aromatic N) is 1. The summed E-state index contributed by atoms with van der Waals surface area (Å²) in [6.45, 7) is -0.396. The van der Waals surface area contributed by atoms with E-state index in [1.165, 1.54) is 0 Å². The fourth-order valence-electron chi connectivity index (χ4n) is 2.29. The van der Waals surface area contributed by atoms with Crippen LogP contribution in [0.15, 0.2) is 48.5 Å². The Morgan fingerprint density at radius 3 is 2.58 bits per heavy atom. The summed E-state index contributed by atoms with van der Waals surface area (Å²) >= 11 is 0. The number of hydrogen-bond donors (Lipinski definition) is 3. The molecule has 0 bridgehead atoms. The van der Waals surface area contributed by atoms with Crippen LogP contribution >= 0.6 is 0 Å². The van der Waals surface area contributed by atoms with Gasteiger partial charge in [-0.25, -0.2) is 0 Å². The minimum Gasteiger partial charge on any atom is -0.480 e. The Morgan fingerprint density at radius 1 is 1.08 bits per heavy atom. The van der Waals surface area contributed by atoms with E-state index in [9.17, 15) is 9.59 Å². The van der Waals surface area contributed by atoms with Crippen LogP contribution in [-0.4, -0.2) is 33.7 Å². The molecule has 0 saturated heterocycles. The number of fused-ring (bicyclic) bond motifs is 1. The molecule has 0 spiro atoms. The highest BCUT2D eigenvalue weighted by Gasteiger charge is 2.06. The average molecular weight is 321 g/mol. The van der Waals surface area contributed by atoms with Crippen molar-refractivity contribution in [3.05, 3.63) is 65.4 Å². The van der Waals surface area contributed by atoms with Crippen LogP contribution in [0.2, 0.25) is 0 Å². The van der Waals surface area contributed by atoms with Gasteiger partial charge in [0.15, 0.2) is 0 Å². The highest BCUT2D eigenvalue weighted by molar-refractivity contribution is 5.96. The summed E-state index contributed by atoms with van der Waals surface area (Å²) in [5.74, 6) is -1.49. The second-order valence-corrected chi connectivity index (χ2v) is 5.19. The number of carboxylic acids is 1. The summed E-state index contributed by atoms with van der Waals surface area (Å²) in [6, 6.07) is 14.8. The van der Waals surface area contributed by atoms with Crippen molar-refractivity contribution in [3.8, 4) is 0 Å². The Hall–Kier alpha value is -3.41. The molecule has 0 aliphatic carbocycles. The first kappa shape index (κ1) is 15.5. The number of aliphatic carboxylic acids is 1. The average Bonchev–Trinajstić information content (AvgIpc) is 3.01. The molecule has 0 fully saturated rings. The monoisotopic (exact) mass is 321 g/mol. The molecular formula is C18H15N3O3. The van der Waals surface area contributed by atoms with Crippen LogP contribution in [0.3, 0.4) is 0 Å². The van der Waals surface area contributed by atoms with E-state index in [1.807, 2.05) is 36.4 Å². The van der Waals surface area contributed by atoms with Crippen LogP contribution in [-0.2, 0) is 4.79 Å². The van der Waals surface area contributed by atoms with Gasteiger partial charge >= 0.3 is 5.97 Å². The molecule has 0 aliphatic rings. The van der Waals surface area contributed by atoms with Gasteiger partial charge in [-0.2, -0.15) is 5.10 Å². The number of para-hydroxylation sites is 1. The largest absolute Gasteiger partial charge is 0.480 e. The van der Waals surface area contributed by atoms with E-state index in [1.54, 1.807) is 24.3 Å². The second-order valence-electron chi connectivity index (χ2n) is 5.19. The molecule has 0 radical (unpaired) electrons. The van der Waals surface area contributed by atoms with Crippen molar-refractivity contribution in [1.82, 2.24) is 15.5 Å². The zero-order valence-electron chi connectivity index (χ0n) is 12.7. The second kappa shape index (κ2) is 6.78. The quantitative estimate of drug-likeness (QED) is 0.673. The highest BCUT2D eigenvalue weighted by Crippen LogP contribution is 2.17. The molecule has 3 N–H and O–H groups in total. The zero-order chi connectivity index (χ0) is 16.9. The summed E-state index contributed by atoms with van der Waals surface area (Å²) in [5, 5.41) is 19.2. The number of rotatable bonds is 5. The molecule has 0 unspecified atom stereocenters. The van der Waals surface area contributed by atoms with Gasteiger partial charge in [0.2, 0.25) is 0 Å². The first-order valence-corrected chi connectivity index (χ1v) is 7.35. The standard InChI is InChI=1S/C18H15N3O3/c22-17(23)11-19-18(24)13-8-5-12(6-9-13)7-10-16-14-3-1-2-4-15(14)20-21-16/h1-10H,11H2,(H,19,24)(H,20,21)(H,22,23). The van der Waals surface area contributed by atoms with E-state index < -0.39 is 18.4 Å². The van der Waals surface area contributed by atoms with Crippen molar-refractivity contribution < 1.29 is 14.7 Å². The van der Waals surface area contributed by atoms with Gasteiger partial charge in [-0.05, 0) is 29.8 Å². The van der Waals surface area contributed by atoms with Crippen molar-refractivity contribution in [2.24, 2.45) is 0 Å². The lowest BCUT2D eigenvalue weighted by Crippen LogP contribution is -2.29. The molecule has 3 aromatic rings. The first-order chi connectivity index (χ1) is 11.6. The number of amides is 1. The van der Waals surface area contributed by atoms with E-state index in [0.717, 1.165) is 22.2 Å². The maximum Gasteiger partial charge on any atom is 0.322 e. The van der Waals surface area contributed by atoms with Crippen molar-refractivity contribution in [2.75, 3.05) is 6.54 Å². The van der Waals surface area contributed by atoms with E-state index in [-0.39, 0.29) is 0 Å². The predicted octanol–water partition coefficient (Wildman–Crippen LogP) is 2.55. The van der Waals surface area contributed by atoms with Gasteiger partial charge in [-0.15, -0.1) is 0 Å². The summed E-state index contributed by atoms with van der Waals surface area (Å²) in [4.78, 5) is 22.2. The highest BCUT2D eigenvalue weighted by atomic mass is 16.4. The molecule has 0 saturated carbocycles. The molecule has 0 aliphatic heterocycles. The Labute approximate surface area is 137 Å². The molecular weight excluding hydrogens is 306 g/mol. The number of carboxylic acid groups (broad SMARTS) is 1. The fraction of sp³-hybridized carbons (Fsp3) is 0.0556. The number of carbonyl (C=O) groups is 2. The minimum atomic E-state index is -1.07. The third kappa shape index (κ3) is 3.49. The summed E-state index contributed by atoms with van der Waals surface area (Å²) < 4.78 is 0. The molecule has 3 rings (SSSR count). The Balaban J connectivity index is 1.72. The van der Waals surface area contributed by atoms with Crippen LogP contribution < -0.4 is 5.32 Å². The molecule has 0 atom stereocenters. The minimum absolute atomic E-state index is 0.396. The SMILES string of the molecule is O=C(O)CNC(=O)c1ccc(C=Cc2n[nH]c3ccccc23)cc1. The van der Waals surface area contributed by atoms with Crippen LogP contribution in [0.1, 0.15) is 21.6 Å². The van der Waals surface area contributed by atoms with Gasteiger partial charge in [0.05, 0.1) is 11.2 Å². The van der Waals surface area contributed by atoms with Gasteiger partial charge in [0, 0.05) is 10.9 Å². The molecule has 24 heavy (non-hydrogen) atoms. The normalized spacial score (nSPS) is 11.0. The van der Waals surface area contributed by atoms with E-state index in [2.05, 4.69) is 15.5 Å². The van der Waals surface area contributed by atoms with Crippen molar-refractivity contribution >= 4 is 34.9 Å². The van der Waals surface area contributed by atoms with Gasteiger partial charge in [-0.3, -0.25) is 14.7 Å². The van der Waals surface area contributed by atoms with Gasteiger partial charge in [0.1, 0.15) is 6.54 Å². The molecule has 6 heteroatoms. The summed E-state index contributed by atoms with van der Waals surface area (Å²) in [6.07, 6.45) is 3.81. The third-order valence-electron chi connectivity index (χ3n) is 3.51. The van der Waals surface area contributed by atoms with Gasteiger partial charge in [0.25, 0.3) is 5.91 Å². The molecule has 1 heterocycles. The van der Waals surface area contributed by atoms with Crippen LogP contribution in [0.4, 0.5) is 0 Å². The number of carbonyl (C=O) groups excluding carboxylic acids is 1. The predicted molar refractivity (Wildman–Crippen MR) is 91.4 cm³/mol. The number of aromatic nitrogens is 2. The Morgan fingerprint density at radius 2 is 1.83 bits per heavy atom. The molecule has 1 amide bonds. The first-order valence-electron chi connectivity index (χ1n) is 7.35. The molecule has 6 nitrogen and oxygen atoms in total. The maximum absolute atomic E-state index is 11.7. The summed E-state index contributed by atoms with van der Waals surface area (Å²) in [5.41, 5.74) is 3.15.